The summed E-state index contributed by atoms with van der Waals surface area (Å²) in [6.45, 7) is 21.2. The lowest BCUT2D eigenvalue weighted by molar-refractivity contribution is 0.535. The van der Waals surface area contributed by atoms with E-state index in [1.165, 1.54) is 17.5 Å². The molecule has 0 amide bonds. The van der Waals surface area contributed by atoms with E-state index in [0.29, 0.717) is 5.92 Å². The van der Waals surface area contributed by atoms with Crippen LogP contribution in [0, 0.1) is 12.8 Å². The van der Waals surface area contributed by atoms with Gasteiger partial charge in [-0.1, -0.05) is 98.6 Å². The largest absolute Gasteiger partial charge is 0.0683 e. The Morgan fingerprint density at radius 1 is 0.789 bits per heavy atom. The quantitative estimate of drug-likeness (QED) is 0.530. The predicted molar refractivity (Wildman–Crippen MR) is 93.1 cm³/mol. The van der Waals surface area contributed by atoms with Gasteiger partial charge < -0.3 is 0 Å². The molecule has 1 unspecified atom stereocenters. The number of rotatable bonds is 2. The molecule has 0 aliphatic carbocycles. The van der Waals surface area contributed by atoms with Crippen LogP contribution in [0.25, 0.3) is 0 Å². The summed E-state index contributed by atoms with van der Waals surface area (Å²) in [7, 11) is 0. The van der Waals surface area contributed by atoms with Gasteiger partial charge in [0.25, 0.3) is 0 Å². The highest BCUT2D eigenvalue weighted by molar-refractivity contribution is 5.24. The standard InChI is InChI=1S/C12H18.C3H8.2C2H6/c1-9(2)11(4)12-7-5-10(3)6-8-12;1-3-2;2*1-2/h5-9,11H,1-4H3;3H2,1-2H3;2*1-2H3. The van der Waals surface area contributed by atoms with Crippen molar-refractivity contribution in [3.63, 3.8) is 0 Å². The molecule has 0 aliphatic rings. The summed E-state index contributed by atoms with van der Waals surface area (Å²) in [5.74, 6) is 1.40. The highest BCUT2D eigenvalue weighted by Gasteiger charge is 2.08. The molecule has 0 heteroatoms. The molecule has 1 aromatic rings. The molecule has 0 saturated heterocycles. The van der Waals surface area contributed by atoms with Crippen molar-refractivity contribution in [1.82, 2.24) is 0 Å². The molecule has 0 fully saturated rings. The lowest BCUT2D eigenvalue weighted by Gasteiger charge is -2.15. The molecular weight excluding hydrogens is 228 g/mol. The van der Waals surface area contributed by atoms with Gasteiger partial charge >= 0.3 is 0 Å². The van der Waals surface area contributed by atoms with Crippen LogP contribution in [-0.2, 0) is 0 Å². The molecule has 0 bridgehead atoms. The molecular formula is C19H38. The summed E-state index contributed by atoms with van der Waals surface area (Å²) in [5.41, 5.74) is 2.80. The number of hydrogen-bond acceptors (Lipinski definition) is 0. The summed E-state index contributed by atoms with van der Waals surface area (Å²) < 4.78 is 0. The monoisotopic (exact) mass is 266 g/mol. The average molecular weight is 267 g/mol. The van der Waals surface area contributed by atoms with Crippen molar-refractivity contribution in [2.75, 3.05) is 0 Å². The van der Waals surface area contributed by atoms with Crippen molar-refractivity contribution in [2.45, 2.75) is 81.6 Å². The average Bonchev–Trinajstić information content (AvgIpc) is 2.44. The smallest absolute Gasteiger partial charge is 0.0167 e. The Bertz CT molecular complexity index is 243. The number of benzene rings is 1. The van der Waals surface area contributed by atoms with Crippen molar-refractivity contribution in [2.24, 2.45) is 5.92 Å². The van der Waals surface area contributed by atoms with Crippen molar-refractivity contribution < 1.29 is 0 Å². The van der Waals surface area contributed by atoms with Crippen LogP contribution >= 0.6 is 0 Å². The lowest BCUT2D eigenvalue weighted by atomic mass is 9.90. The summed E-state index contributed by atoms with van der Waals surface area (Å²) in [4.78, 5) is 0. The maximum Gasteiger partial charge on any atom is -0.0167 e. The highest BCUT2D eigenvalue weighted by atomic mass is 14.1. The van der Waals surface area contributed by atoms with Gasteiger partial charge in [0.05, 0.1) is 0 Å². The molecule has 0 N–H and O–H groups in total. The van der Waals surface area contributed by atoms with Gasteiger partial charge in [-0.25, -0.2) is 0 Å². The van der Waals surface area contributed by atoms with Gasteiger partial charge in [-0.15, -0.1) is 0 Å². The summed E-state index contributed by atoms with van der Waals surface area (Å²) >= 11 is 0. The molecule has 1 rings (SSSR count). The van der Waals surface area contributed by atoms with E-state index >= 15 is 0 Å². The second kappa shape index (κ2) is 17.2. The minimum absolute atomic E-state index is 0.672. The van der Waals surface area contributed by atoms with Gasteiger partial charge in [0.15, 0.2) is 0 Å². The first-order valence-corrected chi connectivity index (χ1v) is 8.09. The van der Waals surface area contributed by atoms with Crippen LogP contribution in [0.15, 0.2) is 24.3 Å². The topological polar surface area (TPSA) is 0 Å². The third kappa shape index (κ3) is 13.5. The third-order valence-electron chi connectivity index (χ3n) is 2.60. The molecule has 0 heterocycles. The van der Waals surface area contributed by atoms with Crippen LogP contribution in [0.2, 0.25) is 0 Å². The van der Waals surface area contributed by atoms with Crippen LogP contribution < -0.4 is 0 Å². The Labute approximate surface area is 123 Å². The molecule has 19 heavy (non-hydrogen) atoms. The summed E-state index contributed by atoms with van der Waals surface area (Å²) in [6.07, 6.45) is 1.25. The van der Waals surface area contributed by atoms with E-state index in [2.05, 4.69) is 65.8 Å². The van der Waals surface area contributed by atoms with Gasteiger partial charge in [-0.2, -0.15) is 0 Å². The third-order valence-corrected chi connectivity index (χ3v) is 2.60. The van der Waals surface area contributed by atoms with Gasteiger partial charge in [0.2, 0.25) is 0 Å². The molecule has 0 nitrogen and oxygen atoms in total. The highest BCUT2D eigenvalue weighted by Crippen LogP contribution is 2.23. The van der Waals surface area contributed by atoms with Crippen molar-refractivity contribution in [1.29, 1.82) is 0 Å². The zero-order valence-electron chi connectivity index (χ0n) is 15.2. The molecule has 114 valence electrons. The first-order valence-electron chi connectivity index (χ1n) is 8.09. The van der Waals surface area contributed by atoms with E-state index in [1.54, 1.807) is 0 Å². The molecule has 0 spiro atoms. The Morgan fingerprint density at radius 3 is 1.37 bits per heavy atom. The zero-order valence-corrected chi connectivity index (χ0v) is 15.2. The van der Waals surface area contributed by atoms with Crippen LogP contribution in [-0.4, -0.2) is 0 Å². The van der Waals surface area contributed by atoms with Crippen molar-refractivity contribution in [3.8, 4) is 0 Å². The van der Waals surface area contributed by atoms with E-state index in [1.807, 2.05) is 27.7 Å². The fourth-order valence-corrected chi connectivity index (χ4v) is 1.25. The Morgan fingerprint density at radius 2 is 1.11 bits per heavy atom. The van der Waals surface area contributed by atoms with Gasteiger partial charge in [-0.05, 0) is 24.3 Å². The van der Waals surface area contributed by atoms with E-state index in [4.69, 9.17) is 0 Å². The maximum atomic E-state index is 2.29. The van der Waals surface area contributed by atoms with Gasteiger partial charge in [0, 0.05) is 0 Å². The van der Waals surface area contributed by atoms with E-state index in [0.717, 1.165) is 5.92 Å². The minimum atomic E-state index is 0.672. The van der Waals surface area contributed by atoms with E-state index < -0.39 is 0 Å². The molecule has 1 atom stereocenters. The molecule has 0 saturated carbocycles. The summed E-state index contributed by atoms with van der Waals surface area (Å²) in [5, 5.41) is 0. The second-order valence-electron chi connectivity index (χ2n) is 4.65. The Hall–Kier alpha value is -0.780. The minimum Gasteiger partial charge on any atom is -0.0683 e. The fraction of sp³-hybridized carbons (Fsp3) is 0.684. The number of hydrogen-bond donors (Lipinski definition) is 0. The number of aryl methyl sites for hydroxylation is 1. The van der Waals surface area contributed by atoms with Crippen molar-refractivity contribution in [3.05, 3.63) is 35.4 Å². The maximum absolute atomic E-state index is 2.29. The fourth-order valence-electron chi connectivity index (χ4n) is 1.25. The first-order chi connectivity index (χ1) is 9.02. The van der Waals surface area contributed by atoms with Gasteiger partial charge in [0.1, 0.15) is 0 Å². The zero-order chi connectivity index (χ0) is 15.8. The lowest BCUT2D eigenvalue weighted by Crippen LogP contribution is -2.01. The molecule has 0 radical (unpaired) electrons. The van der Waals surface area contributed by atoms with Crippen LogP contribution in [0.4, 0.5) is 0 Å². The van der Waals surface area contributed by atoms with Crippen LogP contribution in [0.5, 0.6) is 0 Å². The SMILES string of the molecule is CC.CC.CCC.Cc1ccc(C(C)C(C)C)cc1. The Kier molecular flexibility index (Phi) is 21.1. The normalized spacial score (nSPS) is 10.1. The van der Waals surface area contributed by atoms with Gasteiger partial charge in [-0.3, -0.25) is 0 Å². The summed E-state index contributed by atoms with van der Waals surface area (Å²) in [6, 6.07) is 8.85. The van der Waals surface area contributed by atoms with Crippen LogP contribution in [0.1, 0.15) is 85.8 Å². The molecule has 0 aliphatic heterocycles. The molecule has 1 aromatic carbocycles. The molecule has 0 aromatic heterocycles. The van der Waals surface area contributed by atoms with Crippen LogP contribution in [0.3, 0.4) is 0 Å². The first kappa shape index (κ1) is 23.3. The van der Waals surface area contributed by atoms with Crippen molar-refractivity contribution >= 4 is 0 Å². The van der Waals surface area contributed by atoms with E-state index in [9.17, 15) is 0 Å². The van der Waals surface area contributed by atoms with E-state index in [-0.39, 0.29) is 0 Å². The predicted octanol–water partition coefficient (Wildman–Crippen LogP) is 7.22. The second-order valence-corrected chi connectivity index (χ2v) is 4.65. The Balaban J connectivity index is -0.000000313.